The number of nitrogens with zero attached hydrogens (tertiary/aromatic N) is 1. The molecule has 2 aromatic rings. The molecule has 7 nitrogen and oxygen atoms in total. The van der Waals surface area contributed by atoms with Crippen molar-refractivity contribution in [2.45, 2.75) is 53.1 Å². The molecule has 1 fully saturated rings. The number of rotatable bonds is 5. The minimum absolute atomic E-state index is 0.132. The van der Waals surface area contributed by atoms with Crippen LogP contribution < -0.4 is 10.4 Å². The van der Waals surface area contributed by atoms with Crippen molar-refractivity contribution in [1.82, 2.24) is 4.90 Å². The van der Waals surface area contributed by atoms with Crippen molar-refractivity contribution in [3.8, 4) is 5.75 Å². The zero-order chi connectivity index (χ0) is 22.1. The Morgan fingerprint density at radius 2 is 1.90 bits per heavy atom. The number of fused-ring (bicyclic) bond motifs is 1. The van der Waals surface area contributed by atoms with Crippen molar-refractivity contribution < 1.29 is 23.5 Å². The smallest absolute Gasteiger partial charge is 0.336 e. The van der Waals surface area contributed by atoms with Crippen LogP contribution in [0.2, 0.25) is 0 Å². The number of carbonyl (C=O) groups is 2. The van der Waals surface area contributed by atoms with Crippen LogP contribution in [0.1, 0.15) is 44.7 Å². The molecular weight excluding hydrogens is 386 g/mol. The Balaban J connectivity index is 1.80. The number of hydrogen-bond donors (Lipinski definition) is 0. The Bertz CT molecular complexity index is 1020. The van der Waals surface area contributed by atoms with E-state index >= 15 is 0 Å². The first-order valence-electron chi connectivity index (χ1n) is 10.3. The van der Waals surface area contributed by atoms with E-state index < -0.39 is 17.1 Å². The average molecular weight is 415 g/mol. The zero-order valence-corrected chi connectivity index (χ0v) is 18.2. The molecule has 1 aliphatic rings. The zero-order valence-electron chi connectivity index (χ0n) is 18.2. The summed E-state index contributed by atoms with van der Waals surface area (Å²) in [6.45, 7) is 8.38. The van der Waals surface area contributed by atoms with Crippen LogP contribution in [0, 0.1) is 12.3 Å². The number of aryl methyl sites for hydroxylation is 2. The van der Waals surface area contributed by atoms with Crippen molar-refractivity contribution in [3.05, 3.63) is 39.7 Å². The molecule has 1 amide bonds. The summed E-state index contributed by atoms with van der Waals surface area (Å²) in [6, 6.07) is 5.12. The van der Waals surface area contributed by atoms with Gasteiger partial charge in [-0.15, -0.1) is 0 Å². The molecule has 1 atom stereocenters. The summed E-state index contributed by atoms with van der Waals surface area (Å²) in [7, 11) is 1.39. The lowest BCUT2D eigenvalue weighted by Gasteiger charge is -2.38. The lowest BCUT2D eigenvalue weighted by atomic mass is 9.80. The molecule has 1 aromatic carbocycles. The predicted molar refractivity (Wildman–Crippen MR) is 113 cm³/mol. The molecule has 1 saturated heterocycles. The number of piperidine rings is 1. The monoisotopic (exact) mass is 415 g/mol. The molecule has 7 heteroatoms. The van der Waals surface area contributed by atoms with Gasteiger partial charge >= 0.3 is 11.6 Å². The number of likely N-dealkylation sites (tertiary alicyclic amines) is 1. The first-order valence-corrected chi connectivity index (χ1v) is 10.3. The summed E-state index contributed by atoms with van der Waals surface area (Å²) in [6.07, 6.45) is 1.03. The third kappa shape index (κ3) is 4.20. The molecule has 1 unspecified atom stereocenters. The molecule has 30 heavy (non-hydrogen) atoms. The summed E-state index contributed by atoms with van der Waals surface area (Å²) in [4.78, 5) is 38.6. The number of methoxy groups -OCH3 is 1. The van der Waals surface area contributed by atoms with Crippen LogP contribution in [0.5, 0.6) is 5.75 Å². The lowest BCUT2D eigenvalue weighted by molar-refractivity contribution is -0.157. The van der Waals surface area contributed by atoms with Gasteiger partial charge in [0.1, 0.15) is 11.3 Å². The van der Waals surface area contributed by atoms with Crippen molar-refractivity contribution in [3.63, 3.8) is 0 Å². The largest absolute Gasteiger partial charge is 0.480 e. The maximum atomic E-state index is 13.0. The second-order valence-corrected chi connectivity index (χ2v) is 8.22. The first kappa shape index (κ1) is 21.9. The van der Waals surface area contributed by atoms with Crippen molar-refractivity contribution in [1.29, 1.82) is 0 Å². The fourth-order valence-electron chi connectivity index (χ4n) is 4.01. The minimum atomic E-state index is -0.714. The van der Waals surface area contributed by atoms with Gasteiger partial charge in [-0.3, -0.25) is 9.59 Å². The van der Waals surface area contributed by atoms with Crippen LogP contribution >= 0.6 is 0 Å². The summed E-state index contributed by atoms with van der Waals surface area (Å²) >= 11 is 0. The van der Waals surface area contributed by atoms with Gasteiger partial charge < -0.3 is 18.8 Å². The van der Waals surface area contributed by atoms with Gasteiger partial charge in [-0.2, -0.15) is 0 Å². The number of benzene rings is 1. The van der Waals surface area contributed by atoms with E-state index in [0.29, 0.717) is 43.7 Å². The molecule has 0 spiro atoms. The number of hydrogen-bond acceptors (Lipinski definition) is 6. The molecule has 0 N–H and O–H groups in total. The Morgan fingerprint density at radius 1 is 1.23 bits per heavy atom. The van der Waals surface area contributed by atoms with Crippen LogP contribution in [0.4, 0.5) is 0 Å². The Kier molecular flexibility index (Phi) is 6.19. The van der Waals surface area contributed by atoms with Crippen LogP contribution in [-0.2, 0) is 20.7 Å². The quantitative estimate of drug-likeness (QED) is 0.551. The highest BCUT2D eigenvalue weighted by atomic mass is 16.5. The van der Waals surface area contributed by atoms with Crippen molar-refractivity contribution in [2.24, 2.45) is 5.41 Å². The van der Waals surface area contributed by atoms with Crippen molar-refractivity contribution in [2.75, 3.05) is 20.2 Å². The fraction of sp³-hybridized carbons (Fsp3) is 0.522. The Labute approximate surface area is 175 Å². The number of amides is 1. The van der Waals surface area contributed by atoms with Gasteiger partial charge in [-0.25, -0.2) is 4.79 Å². The highest BCUT2D eigenvalue weighted by molar-refractivity contribution is 5.88. The summed E-state index contributed by atoms with van der Waals surface area (Å²) in [5.74, 6) is 0.161. The standard InChI is InChI=1S/C23H29NO6/c1-6-16-13-19(25)30-18-12-14(2)11-17(20(16)18)29-15(3)21(26)24-9-7-23(4,8-10-24)22(27)28-5/h11-13,15H,6-10H2,1-5H3. The van der Waals surface area contributed by atoms with Crippen LogP contribution in [-0.4, -0.2) is 43.1 Å². The lowest BCUT2D eigenvalue weighted by Crippen LogP contribution is -2.49. The molecule has 3 rings (SSSR count). The summed E-state index contributed by atoms with van der Waals surface area (Å²) in [5.41, 5.74) is 1.20. The van der Waals surface area contributed by atoms with Crippen LogP contribution in [0.3, 0.4) is 0 Å². The van der Waals surface area contributed by atoms with Crippen molar-refractivity contribution >= 4 is 22.8 Å². The van der Waals surface area contributed by atoms with E-state index in [4.69, 9.17) is 13.9 Å². The van der Waals surface area contributed by atoms with Gasteiger partial charge in [-0.05, 0) is 63.3 Å². The summed E-state index contributed by atoms with van der Waals surface area (Å²) < 4.78 is 16.3. The van der Waals surface area contributed by atoms with E-state index in [2.05, 4.69) is 0 Å². The fourth-order valence-corrected chi connectivity index (χ4v) is 4.01. The topological polar surface area (TPSA) is 86.0 Å². The number of ether oxygens (including phenoxy) is 2. The molecule has 2 heterocycles. The Hall–Kier alpha value is -2.83. The molecule has 0 radical (unpaired) electrons. The molecule has 1 aliphatic heterocycles. The summed E-state index contributed by atoms with van der Waals surface area (Å²) in [5, 5.41) is 0.722. The molecule has 1 aromatic heterocycles. The third-order valence-corrected chi connectivity index (χ3v) is 5.92. The van der Waals surface area contributed by atoms with Gasteiger partial charge in [0.25, 0.3) is 5.91 Å². The maximum Gasteiger partial charge on any atom is 0.336 e. The Morgan fingerprint density at radius 3 is 2.50 bits per heavy atom. The van der Waals surface area contributed by atoms with E-state index in [-0.39, 0.29) is 11.9 Å². The van der Waals surface area contributed by atoms with Gasteiger partial charge in [0.2, 0.25) is 0 Å². The van der Waals surface area contributed by atoms with E-state index in [1.165, 1.54) is 13.2 Å². The normalized spacial score (nSPS) is 16.9. The molecule has 0 aliphatic carbocycles. The number of esters is 1. The van der Waals surface area contributed by atoms with E-state index in [1.807, 2.05) is 26.8 Å². The first-order chi connectivity index (χ1) is 14.2. The minimum Gasteiger partial charge on any atom is -0.480 e. The van der Waals surface area contributed by atoms with E-state index in [9.17, 15) is 14.4 Å². The third-order valence-electron chi connectivity index (χ3n) is 5.92. The molecular formula is C23H29NO6. The molecule has 162 valence electrons. The van der Waals surface area contributed by atoms with E-state index in [1.54, 1.807) is 17.9 Å². The molecule has 0 bridgehead atoms. The highest BCUT2D eigenvalue weighted by Crippen LogP contribution is 2.34. The predicted octanol–water partition coefficient (Wildman–Crippen LogP) is 3.23. The van der Waals surface area contributed by atoms with Gasteiger partial charge in [0.15, 0.2) is 6.10 Å². The second kappa shape index (κ2) is 8.50. The van der Waals surface area contributed by atoms with Crippen LogP contribution in [0.25, 0.3) is 11.0 Å². The molecule has 0 saturated carbocycles. The average Bonchev–Trinajstić information content (AvgIpc) is 2.71. The number of carbonyl (C=O) groups excluding carboxylic acids is 2. The van der Waals surface area contributed by atoms with Crippen LogP contribution in [0.15, 0.2) is 27.4 Å². The van der Waals surface area contributed by atoms with Gasteiger partial charge in [-0.1, -0.05) is 6.92 Å². The van der Waals surface area contributed by atoms with Gasteiger partial charge in [0.05, 0.1) is 17.9 Å². The SMILES string of the molecule is CCc1cc(=O)oc2cc(C)cc(OC(C)C(=O)N3CCC(C)(C(=O)OC)CC3)c12. The highest BCUT2D eigenvalue weighted by Gasteiger charge is 2.39. The second-order valence-electron chi connectivity index (χ2n) is 8.22. The van der Waals surface area contributed by atoms with Gasteiger partial charge in [0, 0.05) is 19.2 Å². The van der Waals surface area contributed by atoms with E-state index in [0.717, 1.165) is 16.5 Å². The maximum absolute atomic E-state index is 13.0.